The maximum atomic E-state index is 14.1. The van der Waals surface area contributed by atoms with Crippen molar-refractivity contribution in [3.8, 4) is 0 Å². The van der Waals surface area contributed by atoms with Gasteiger partial charge in [0.1, 0.15) is 11.6 Å². The molecule has 0 aliphatic heterocycles. The number of nitrogens with two attached hydrogens (primary N) is 1. The molecule has 0 aromatic heterocycles. The van der Waals surface area contributed by atoms with Gasteiger partial charge in [-0.3, -0.25) is 9.59 Å². The molecule has 6 nitrogen and oxygen atoms in total. The van der Waals surface area contributed by atoms with Gasteiger partial charge >= 0.3 is 5.97 Å². The predicted molar refractivity (Wildman–Crippen MR) is 161 cm³/mol. The number of nitrogens with zero attached hydrogens (tertiary/aromatic N) is 2. The molecule has 0 saturated carbocycles. The molecule has 0 saturated heterocycles. The Morgan fingerprint density at radius 2 is 1.62 bits per heavy atom. The zero-order valence-electron chi connectivity index (χ0n) is 23.4. The topological polar surface area (TPSA) is 75.9 Å². The largest absolute Gasteiger partial charge is 0.459 e. The van der Waals surface area contributed by atoms with Gasteiger partial charge in [-0.25, -0.2) is 0 Å². The van der Waals surface area contributed by atoms with Crippen LogP contribution in [-0.4, -0.2) is 67.0 Å². The van der Waals surface area contributed by atoms with Crippen LogP contribution in [0.5, 0.6) is 0 Å². The monoisotopic (exact) mass is 571 g/mol. The first-order valence-corrected chi connectivity index (χ1v) is 14.0. The molecule has 0 bridgehead atoms. The smallest absolute Gasteiger partial charge is 0.323 e. The summed E-state index contributed by atoms with van der Waals surface area (Å²) >= 11 is 12.6. The van der Waals surface area contributed by atoms with E-state index in [2.05, 4.69) is 4.90 Å². The summed E-state index contributed by atoms with van der Waals surface area (Å²) in [6.07, 6.45) is 1.07. The van der Waals surface area contributed by atoms with Crippen molar-refractivity contribution in [2.24, 2.45) is 5.73 Å². The van der Waals surface area contributed by atoms with E-state index in [-0.39, 0.29) is 18.2 Å². The summed E-state index contributed by atoms with van der Waals surface area (Å²) in [6, 6.07) is 18.3. The van der Waals surface area contributed by atoms with Gasteiger partial charge in [0, 0.05) is 24.6 Å². The van der Waals surface area contributed by atoms with E-state index in [4.69, 9.17) is 33.7 Å². The molecule has 3 rings (SSSR count). The summed E-state index contributed by atoms with van der Waals surface area (Å²) in [5.41, 5.74) is 7.20. The lowest BCUT2D eigenvalue weighted by Gasteiger charge is -2.30. The first kappa shape index (κ1) is 30.9. The van der Waals surface area contributed by atoms with Gasteiger partial charge in [-0.15, -0.1) is 0 Å². The van der Waals surface area contributed by atoms with Gasteiger partial charge < -0.3 is 20.3 Å². The van der Waals surface area contributed by atoms with Crippen LogP contribution >= 0.6 is 23.2 Å². The Balaban J connectivity index is 1.95. The molecule has 2 atom stereocenters. The second kappa shape index (κ2) is 13.6. The van der Waals surface area contributed by atoms with Crippen LogP contribution < -0.4 is 5.73 Å². The summed E-state index contributed by atoms with van der Waals surface area (Å²) in [6.45, 7) is 6.96. The maximum absolute atomic E-state index is 14.1. The third kappa shape index (κ3) is 8.94. The highest BCUT2D eigenvalue weighted by Gasteiger charge is 2.27. The normalized spacial score (nSPS) is 13.4. The van der Waals surface area contributed by atoms with E-state index in [1.54, 1.807) is 31.7 Å². The standard InChI is InChI=1S/C31H39Cl2N3O3/c1-31(2,3)39-30(38)28(34)16-18-36(29(37)25-12-8-10-21-9-6-7-11-24(21)25)20-23(15-17-35(4)5)22-13-14-26(32)27(33)19-22/h6-14,19,23,28H,15-18,20,34H2,1-5H3. The molecule has 0 radical (unpaired) electrons. The molecule has 0 aliphatic carbocycles. The molecule has 39 heavy (non-hydrogen) atoms. The van der Waals surface area contributed by atoms with Crippen molar-refractivity contribution in [1.82, 2.24) is 9.80 Å². The molecule has 2 N–H and O–H groups in total. The lowest BCUT2D eigenvalue weighted by Crippen LogP contribution is -2.42. The van der Waals surface area contributed by atoms with Gasteiger partial charge in [0.15, 0.2) is 0 Å². The average Bonchev–Trinajstić information content (AvgIpc) is 2.88. The molecule has 8 heteroatoms. The Morgan fingerprint density at radius 1 is 0.923 bits per heavy atom. The van der Waals surface area contributed by atoms with Crippen molar-refractivity contribution in [2.45, 2.75) is 51.2 Å². The fraction of sp³-hybridized carbons (Fsp3) is 0.419. The Labute approximate surface area is 242 Å². The van der Waals surface area contributed by atoms with Crippen molar-refractivity contribution in [3.63, 3.8) is 0 Å². The van der Waals surface area contributed by atoms with E-state index in [1.807, 2.05) is 68.7 Å². The van der Waals surface area contributed by atoms with E-state index < -0.39 is 17.6 Å². The molecule has 0 aliphatic rings. The summed E-state index contributed by atoms with van der Waals surface area (Å²) in [4.78, 5) is 30.6. The first-order valence-electron chi connectivity index (χ1n) is 13.2. The summed E-state index contributed by atoms with van der Waals surface area (Å²) in [7, 11) is 4.04. The second-order valence-corrected chi connectivity index (χ2v) is 12.0. The van der Waals surface area contributed by atoms with E-state index >= 15 is 0 Å². The Hall–Kier alpha value is -2.64. The summed E-state index contributed by atoms with van der Waals surface area (Å²) in [5, 5.41) is 2.83. The Kier molecular flexibility index (Phi) is 10.8. The number of carbonyl (C=O) groups is 2. The number of benzene rings is 3. The lowest BCUT2D eigenvalue weighted by molar-refractivity contribution is -0.156. The van der Waals surface area contributed by atoms with Crippen molar-refractivity contribution >= 4 is 45.9 Å². The zero-order valence-corrected chi connectivity index (χ0v) is 24.9. The van der Waals surface area contributed by atoms with Crippen LogP contribution in [0.4, 0.5) is 0 Å². The number of amides is 1. The second-order valence-electron chi connectivity index (χ2n) is 11.2. The minimum absolute atomic E-state index is 0.0150. The number of esters is 1. The molecular weight excluding hydrogens is 533 g/mol. The highest BCUT2D eigenvalue weighted by atomic mass is 35.5. The SMILES string of the molecule is CN(C)CCC(CN(CCC(N)C(=O)OC(C)(C)C)C(=O)c1cccc2ccccc12)c1ccc(Cl)c(Cl)c1. The average molecular weight is 573 g/mol. The molecule has 0 spiro atoms. The van der Waals surface area contributed by atoms with Gasteiger partial charge in [-0.05, 0) is 88.8 Å². The number of hydrogen-bond donors (Lipinski definition) is 1. The van der Waals surface area contributed by atoms with Crippen LogP contribution in [0.3, 0.4) is 0 Å². The van der Waals surface area contributed by atoms with Crippen LogP contribution in [0.1, 0.15) is 55.5 Å². The van der Waals surface area contributed by atoms with Crippen LogP contribution in [-0.2, 0) is 9.53 Å². The molecule has 0 heterocycles. The van der Waals surface area contributed by atoms with E-state index in [1.165, 1.54) is 0 Å². The molecule has 1 amide bonds. The molecule has 3 aromatic carbocycles. The van der Waals surface area contributed by atoms with Gasteiger partial charge in [-0.2, -0.15) is 0 Å². The molecule has 2 unspecified atom stereocenters. The van der Waals surface area contributed by atoms with Crippen molar-refractivity contribution in [2.75, 3.05) is 33.7 Å². The van der Waals surface area contributed by atoms with Crippen molar-refractivity contribution in [3.05, 3.63) is 81.8 Å². The van der Waals surface area contributed by atoms with E-state index in [9.17, 15) is 9.59 Å². The Bertz CT molecular complexity index is 1280. The zero-order chi connectivity index (χ0) is 28.7. The number of carbonyl (C=O) groups excluding carboxylic acids is 2. The van der Waals surface area contributed by atoms with Crippen molar-refractivity contribution < 1.29 is 14.3 Å². The van der Waals surface area contributed by atoms with Crippen LogP contribution in [0.25, 0.3) is 10.8 Å². The van der Waals surface area contributed by atoms with Gasteiger partial charge in [0.25, 0.3) is 5.91 Å². The minimum Gasteiger partial charge on any atom is -0.459 e. The number of ether oxygens (including phenoxy) is 1. The quantitative estimate of drug-likeness (QED) is 0.270. The lowest BCUT2D eigenvalue weighted by atomic mass is 9.94. The predicted octanol–water partition coefficient (Wildman–Crippen LogP) is 6.38. The van der Waals surface area contributed by atoms with Crippen LogP contribution in [0.2, 0.25) is 10.0 Å². The Morgan fingerprint density at radius 3 is 2.28 bits per heavy atom. The first-order chi connectivity index (χ1) is 18.4. The molecule has 3 aromatic rings. The van der Waals surface area contributed by atoms with Crippen LogP contribution in [0.15, 0.2) is 60.7 Å². The molecule has 0 fully saturated rings. The highest BCUT2D eigenvalue weighted by molar-refractivity contribution is 6.42. The maximum Gasteiger partial charge on any atom is 0.323 e. The van der Waals surface area contributed by atoms with Crippen molar-refractivity contribution in [1.29, 1.82) is 0 Å². The highest BCUT2D eigenvalue weighted by Crippen LogP contribution is 2.30. The summed E-state index contributed by atoms with van der Waals surface area (Å²) < 4.78 is 5.47. The van der Waals surface area contributed by atoms with Crippen LogP contribution in [0, 0.1) is 0 Å². The van der Waals surface area contributed by atoms with E-state index in [0.717, 1.165) is 29.3 Å². The number of fused-ring (bicyclic) bond motifs is 1. The number of hydrogen-bond acceptors (Lipinski definition) is 5. The van der Waals surface area contributed by atoms with Gasteiger partial charge in [0.2, 0.25) is 0 Å². The van der Waals surface area contributed by atoms with Gasteiger partial charge in [-0.1, -0.05) is 65.7 Å². The summed E-state index contributed by atoms with van der Waals surface area (Å²) in [5.74, 6) is -0.606. The number of halogens is 2. The van der Waals surface area contributed by atoms with Gasteiger partial charge in [0.05, 0.1) is 10.0 Å². The minimum atomic E-state index is -0.850. The van der Waals surface area contributed by atoms with E-state index in [0.29, 0.717) is 28.7 Å². The third-order valence-electron chi connectivity index (χ3n) is 6.51. The third-order valence-corrected chi connectivity index (χ3v) is 7.25. The molecule has 210 valence electrons. The fourth-order valence-corrected chi connectivity index (χ4v) is 4.76. The number of rotatable bonds is 11. The fourth-order valence-electron chi connectivity index (χ4n) is 4.46. The molecular formula is C31H39Cl2N3O3.